The Labute approximate surface area is 195 Å². The zero-order valence-corrected chi connectivity index (χ0v) is 20.0. The fourth-order valence-corrected chi connectivity index (χ4v) is 3.56. The van der Waals surface area contributed by atoms with E-state index in [-0.39, 0.29) is 23.7 Å². The lowest BCUT2D eigenvalue weighted by atomic mass is 10.1. The Hall–Kier alpha value is -3.32. The maximum absolute atomic E-state index is 12.4. The smallest absolute Gasteiger partial charge is 0.273 e. The Balaban J connectivity index is 1.87. The minimum Gasteiger partial charge on any atom is -0.497 e. The molecule has 0 spiro atoms. The van der Waals surface area contributed by atoms with Crippen molar-refractivity contribution in [1.82, 2.24) is 15.2 Å². The third-order valence-electron chi connectivity index (χ3n) is 5.80. The van der Waals surface area contributed by atoms with E-state index in [1.54, 1.807) is 14.2 Å². The van der Waals surface area contributed by atoms with Crippen molar-refractivity contribution < 1.29 is 18.7 Å². The number of carbonyl (C=O) groups is 1. The first-order valence-electron chi connectivity index (χ1n) is 11.2. The summed E-state index contributed by atoms with van der Waals surface area (Å²) in [5.74, 6) is 1.80. The molecule has 0 aliphatic heterocycles. The van der Waals surface area contributed by atoms with Crippen LogP contribution in [0.5, 0.6) is 11.5 Å². The number of hydrogen-bond donors (Lipinski definition) is 1. The van der Waals surface area contributed by atoms with Gasteiger partial charge in [-0.1, -0.05) is 37.3 Å². The third-order valence-corrected chi connectivity index (χ3v) is 5.80. The Morgan fingerprint density at radius 1 is 1.09 bits per heavy atom. The summed E-state index contributed by atoms with van der Waals surface area (Å²) in [6.45, 7) is 7.13. The molecule has 1 aromatic heterocycles. The van der Waals surface area contributed by atoms with E-state index in [1.807, 2.05) is 50.2 Å². The van der Waals surface area contributed by atoms with Gasteiger partial charge in [0, 0.05) is 24.2 Å². The van der Waals surface area contributed by atoms with Crippen LogP contribution in [-0.2, 0) is 13.1 Å². The summed E-state index contributed by atoms with van der Waals surface area (Å²) in [6, 6.07) is 16.1. The highest BCUT2D eigenvalue weighted by molar-refractivity contribution is 5.92. The van der Waals surface area contributed by atoms with Crippen LogP contribution >= 0.6 is 0 Å². The number of ether oxygens (including phenoxy) is 2. The van der Waals surface area contributed by atoms with E-state index >= 15 is 0 Å². The lowest BCUT2D eigenvalue weighted by Gasteiger charge is -2.29. The van der Waals surface area contributed by atoms with Crippen LogP contribution in [0, 0.1) is 0 Å². The van der Waals surface area contributed by atoms with Crippen LogP contribution in [0.15, 0.2) is 59.2 Å². The van der Waals surface area contributed by atoms with Crippen LogP contribution in [0.25, 0.3) is 0 Å². The maximum atomic E-state index is 12.4. The second-order valence-electron chi connectivity index (χ2n) is 8.08. The van der Waals surface area contributed by atoms with Crippen molar-refractivity contribution in [1.29, 1.82) is 0 Å². The van der Waals surface area contributed by atoms with Crippen molar-refractivity contribution in [3.05, 3.63) is 77.5 Å². The predicted molar refractivity (Wildman–Crippen MR) is 127 cm³/mol. The second-order valence-corrected chi connectivity index (χ2v) is 8.08. The molecule has 1 heterocycles. The molecule has 7 heteroatoms. The number of rotatable bonds is 11. The van der Waals surface area contributed by atoms with E-state index in [0.29, 0.717) is 19.0 Å². The molecule has 1 N–H and O–H groups in total. The van der Waals surface area contributed by atoms with Crippen LogP contribution in [0.1, 0.15) is 60.7 Å². The zero-order valence-electron chi connectivity index (χ0n) is 20.0. The summed E-state index contributed by atoms with van der Waals surface area (Å²) < 4.78 is 16.7. The number of benzene rings is 2. The summed E-state index contributed by atoms with van der Waals surface area (Å²) in [4.78, 5) is 19.1. The van der Waals surface area contributed by atoms with Gasteiger partial charge in [-0.05, 0) is 44.0 Å². The average Bonchev–Trinajstić information content (AvgIpc) is 3.32. The van der Waals surface area contributed by atoms with Crippen molar-refractivity contribution in [2.75, 3.05) is 14.2 Å². The molecule has 7 nitrogen and oxygen atoms in total. The average molecular weight is 452 g/mol. The summed E-state index contributed by atoms with van der Waals surface area (Å²) in [7, 11) is 3.31. The van der Waals surface area contributed by atoms with Gasteiger partial charge in [0.15, 0.2) is 5.69 Å². The molecule has 0 bridgehead atoms. The van der Waals surface area contributed by atoms with Crippen LogP contribution in [0.3, 0.4) is 0 Å². The number of nitrogens with one attached hydrogen (secondary N) is 1. The van der Waals surface area contributed by atoms with Crippen molar-refractivity contribution in [3.63, 3.8) is 0 Å². The van der Waals surface area contributed by atoms with Crippen molar-refractivity contribution in [3.8, 4) is 11.5 Å². The molecular weight excluding hydrogens is 418 g/mol. The van der Waals surface area contributed by atoms with Gasteiger partial charge in [0.1, 0.15) is 17.8 Å². The number of aromatic nitrogens is 1. The van der Waals surface area contributed by atoms with Crippen molar-refractivity contribution >= 4 is 5.91 Å². The SMILES string of the molecule is CCC(C)NC(=O)c1coc(CN(Cc2cc(OC)ccc2OC)C(C)c2ccccc2)n1. The minimum absolute atomic E-state index is 0.0615. The van der Waals surface area contributed by atoms with Gasteiger partial charge in [-0.15, -0.1) is 0 Å². The van der Waals surface area contributed by atoms with Gasteiger partial charge in [0.05, 0.1) is 20.8 Å². The molecule has 2 atom stereocenters. The molecule has 0 saturated carbocycles. The van der Waals surface area contributed by atoms with Gasteiger partial charge in [0.2, 0.25) is 5.89 Å². The Bertz CT molecular complexity index is 1040. The zero-order chi connectivity index (χ0) is 23.8. The van der Waals surface area contributed by atoms with Crippen molar-refractivity contribution in [2.24, 2.45) is 0 Å². The minimum atomic E-state index is -0.225. The van der Waals surface area contributed by atoms with E-state index in [1.165, 1.54) is 11.8 Å². The first-order valence-corrected chi connectivity index (χ1v) is 11.2. The van der Waals surface area contributed by atoms with E-state index in [0.717, 1.165) is 23.5 Å². The number of hydrogen-bond acceptors (Lipinski definition) is 6. The molecule has 0 fully saturated rings. The van der Waals surface area contributed by atoms with E-state index < -0.39 is 0 Å². The lowest BCUT2D eigenvalue weighted by molar-refractivity contribution is 0.0934. The quantitative estimate of drug-likeness (QED) is 0.443. The molecule has 3 aromatic rings. The first-order chi connectivity index (χ1) is 15.9. The van der Waals surface area contributed by atoms with Gasteiger partial charge < -0.3 is 19.2 Å². The molecule has 0 aliphatic carbocycles. The number of nitrogens with zero attached hydrogens (tertiary/aromatic N) is 2. The maximum Gasteiger partial charge on any atom is 0.273 e. The fraction of sp³-hybridized carbons (Fsp3) is 0.385. The molecule has 0 radical (unpaired) electrons. The van der Waals surface area contributed by atoms with Crippen LogP contribution in [-0.4, -0.2) is 36.1 Å². The highest BCUT2D eigenvalue weighted by Gasteiger charge is 2.22. The standard InChI is InChI=1S/C26H33N3O4/c1-6-18(2)27-26(30)23-17-33-25(28-23)16-29(19(3)20-10-8-7-9-11-20)15-21-14-22(31-4)12-13-24(21)32-5/h7-14,17-19H,6,15-16H2,1-5H3,(H,27,30). The molecule has 0 aliphatic rings. The molecule has 0 saturated heterocycles. The first kappa shape index (κ1) is 24.3. The van der Waals surface area contributed by atoms with Gasteiger partial charge in [-0.25, -0.2) is 4.98 Å². The number of carbonyl (C=O) groups excluding carboxylic acids is 1. The Kier molecular flexibility index (Phi) is 8.49. The van der Waals surface area contributed by atoms with Crippen molar-refractivity contribution in [2.45, 2.75) is 52.4 Å². The predicted octanol–water partition coefficient (Wildman–Crippen LogP) is 4.98. The van der Waals surface area contributed by atoms with Gasteiger partial charge in [-0.3, -0.25) is 9.69 Å². The third kappa shape index (κ3) is 6.35. The van der Waals surface area contributed by atoms with E-state index in [2.05, 4.69) is 34.3 Å². The van der Waals surface area contributed by atoms with Crippen LogP contribution in [0.2, 0.25) is 0 Å². The largest absolute Gasteiger partial charge is 0.497 e. The number of amides is 1. The molecule has 2 aromatic carbocycles. The topological polar surface area (TPSA) is 76.8 Å². The fourth-order valence-electron chi connectivity index (χ4n) is 3.56. The monoisotopic (exact) mass is 451 g/mol. The summed E-state index contributed by atoms with van der Waals surface area (Å²) in [6.07, 6.45) is 2.27. The molecule has 1 amide bonds. The molecule has 2 unspecified atom stereocenters. The number of methoxy groups -OCH3 is 2. The Morgan fingerprint density at radius 2 is 1.85 bits per heavy atom. The summed E-state index contributed by atoms with van der Waals surface area (Å²) >= 11 is 0. The molecule has 33 heavy (non-hydrogen) atoms. The van der Waals surface area contributed by atoms with E-state index in [4.69, 9.17) is 13.9 Å². The molecule has 3 rings (SSSR count). The van der Waals surface area contributed by atoms with Gasteiger partial charge in [-0.2, -0.15) is 0 Å². The van der Waals surface area contributed by atoms with Gasteiger partial charge in [0.25, 0.3) is 5.91 Å². The summed E-state index contributed by atoms with van der Waals surface area (Å²) in [5, 5.41) is 2.92. The normalized spacial score (nSPS) is 12.9. The molecular formula is C26H33N3O4. The lowest BCUT2D eigenvalue weighted by Crippen LogP contribution is -2.32. The second kappa shape index (κ2) is 11.5. The van der Waals surface area contributed by atoms with Crippen LogP contribution in [0.4, 0.5) is 0 Å². The molecule has 176 valence electrons. The highest BCUT2D eigenvalue weighted by Crippen LogP contribution is 2.30. The van der Waals surface area contributed by atoms with Crippen LogP contribution < -0.4 is 14.8 Å². The Morgan fingerprint density at radius 3 is 2.52 bits per heavy atom. The highest BCUT2D eigenvalue weighted by atomic mass is 16.5. The summed E-state index contributed by atoms with van der Waals surface area (Å²) in [5.41, 5.74) is 2.44. The van der Waals surface area contributed by atoms with Gasteiger partial charge >= 0.3 is 0 Å². The van der Waals surface area contributed by atoms with E-state index in [9.17, 15) is 4.79 Å². The number of oxazole rings is 1.